The summed E-state index contributed by atoms with van der Waals surface area (Å²) in [6.07, 6.45) is 0.628. The van der Waals surface area contributed by atoms with Gasteiger partial charge in [0.1, 0.15) is 0 Å². The van der Waals surface area contributed by atoms with E-state index in [1.807, 2.05) is 0 Å². The molecule has 1 N–H and O–H groups in total. The first-order valence-electron chi connectivity index (χ1n) is 5.00. The molecule has 2 atom stereocenters. The van der Waals surface area contributed by atoms with Crippen molar-refractivity contribution in [1.29, 1.82) is 0 Å². The topological polar surface area (TPSA) is 55.4 Å². The van der Waals surface area contributed by atoms with Crippen LogP contribution in [-0.4, -0.2) is 44.2 Å². The fourth-order valence-corrected chi connectivity index (χ4v) is 4.29. The molecule has 0 bridgehead atoms. The maximum Gasteiger partial charge on any atom is 0.161 e. The summed E-state index contributed by atoms with van der Waals surface area (Å²) in [5.41, 5.74) is 0. The lowest BCUT2D eigenvalue weighted by Gasteiger charge is -2.43. The highest BCUT2D eigenvalue weighted by atomic mass is 32.2. The molecule has 0 aliphatic carbocycles. The van der Waals surface area contributed by atoms with Gasteiger partial charge >= 0.3 is 0 Å². The number of rotatable bonds is 0. The molecule has 0 saturated carbocycles. The molecule has 82 valence electrons. The van der Waals surface area contributed by atoms with Gasteiger partial charge in [-0.1, -0.05) is 0 Å². The van der Waals surface area contributed by atoms with Crippen molar-refractivity contribution < 1.29 is 13.2 Å². The predicted octanol–water partition coefficient (Wildman–Crippen LogP) is -0.0595. The number of fused-ring (bicyclic) bond motifs is 1. The van der Waals surface area contributed by atoms with E-state index in [4.69, 9.17) is 4.74 Å². The van der Waals surface area contributed by atoms with Crippen LogP contribution in [0.4, 0.5) is 0 Å². The summed E-state index contributed by atoms with van der Waals surface area (Å²) < 4.78 is 29.0. The Morgan fingerprint density at radius 1 is 1.43 bits per heavy atom. The monoisotopic (exact) mass is 219 g/mol. The minimum Gasteiger partial charge on any atom is -0.380 e. The molecule has 4 nitrogen and oxygen atoms in total. The zero-order chi connectivity index (χ0) is 10.4. The first-order valence-corrected chi connectivity index (χ1v) is 6.54. The average molecular weight is 219 g/mol. The van der Waals surface area contributed by atoms with Gasteiger partial charge in [0.05, 0.1) is 16.6 Å². The van der Waals surface area contributed by atoms with Crippen LogP contribution < -0.4 is 5.32 Å². The molecule has 0 aromatic carbocycles. The first kappa shape index (κ1) is 10.4. The van der Waals surface area contributed by atoms with Gasteiger partial charge in [0.15, 0.2) is 9.84 Å². The quantitative estimate of drug-likeness (QED) is 0.620. The molecule has 0 radical (unpaired) electrons. The van der Waals surface area contributed by atoms with Crippen LogP contribution in [0, 0.1) is 0 Å². The van der Waals surface area contributed by atoms with E-state index in [1.54, 1.807) is 13.8 Å². The van der Waals surface area contributed by atoms with E-state index in [9.17, 15) is 8.42 Å². The van der Waals surface area contributed by atoms with E-state index in [-0.39, 0.29) is 11.3 Å². The lowest BCUT2D eigenvalue weighted by Crippen LogP contribution is -2.64. The van der Waals surface area contributed by atoms with Gasteiger partial charge < -0.3 is 10.1 Å². The van der Waals surface area contributed by atoms with Crippen LogP contribution in [0.15, 0.2) is 0 Å². The third-order valence-electron chi connectivity index (χ3n) is 3.25. The van der Waals surface area contributed by atoms with Crippen LogP contribution in [0.3, 0.4) is 0 Å². The number of ether oxygens (including phenoxy) is 1. The Hall–Kier alpha value is -0.130. The Kier molecular flexibility index (Phi) is 2.36. The van der Waals surface area contributed by atoms with Gasteiger partial charge in [0.2, 0.25) is 0 Å². The molecule has 2 aliphatic heterocycles. The van der Waals surface area contributed by atoms with Crippen LogP contribution >= 0.6 is 0 Å². The third-order valence-corrected chi connectivity index (χ3v) is 6.30. The van der Waals surface area contributed by atoms with Gasteiger partial charge in [-0.15, -0.1) is 0 Å². The molecule has 2 heterocycles. The molecule has 2 fully saturated rings. The summed E-state index contributed by atoms with van der Waals surface area (Å²) in [4.78, 5) is 0. The van der Waals surface area contributed by atoms with Crippen LogP contribution in [0.2, 0.25) is 0 Å². The fourth-order valence-electron chi connectivity index (χ4n) is 2.17. The van der Waals surface area contributed by atoms with Crippen LogP contribution in [0.1, 0.15) is 20.3 Å². The van der Waals surface area contributed by atoms with E-state index < -0.39 is 14.6 Å². The van der Waals surface area contributed by atoms with Crippen LogP contribution in [-0.2, 0) is 14.6 Å². The second kappa shape index (κ2) is 3.18. The second-order valence-electron chi connectivity index (χ2n) is 4.69. The van der Waals surface area contributed by atoms with Crippen LogP contribution in [0.25, 0.3) is 0 Å². The summed E-state index contributed by atoms with van der Waals surface area (Å²) in [5, 5.41) is 3.01. The Morgan fingerprint density at radius 2 is 2.14 bits per heavy atom. The van der Waals surface area contributed by atoms with Gasteiger partial charge in [0.25, 0.3) is 0 Å². The molecule has 2 aliphatic rings. The Balaban J connectivity index is 2.32. The zero-order valence-electron chi connectivity index (χ0n) is 8.62. The average Bonchev–Trinajstić information content (AvgIpc) is 2.13. The Labute approximate surface area is 84.9 Å². The van der Waals surface area contributed by atoms with Gasteiger partial charge in [-0.3, -0.25) is 0 Å². The van der Waals surface area contributed by atoms with Gasteiger partial charge in [-0.25, -0.2) is 8.42 Å². The van der Waals surface area contributed by atoms with Gasteiger partial charge in [-0.05, 0) is 20.3 Å². The third kappa shape index (κ3) is 1.38. The standard InChI is InChI=1S/C9H17NO3S/c1-9(2)6-10-7-5-13-4-3-8(7)14(9,11)12/h7-8,10H,3-6H2,1-2H3. The predicted molar refractivity (Wildman–Crippen MR) is 54.0 cm³/mol. The van der Waals surface area contributed by atoms with Crippen molar-refractivity contribution >= 4 is 9.84 Å². The Bertz CT molecular complexity index is 323. The summed E-state index contributed by atoms with van der Waals surface area (Å²) >= 11 is 0. The highest BCUT2D eigenvalue weighted by Crippen LogP contribution is 2.30. The first-order chi connectivity index (χ1) is 6.45. The number of sulfone groups is 1. The maximum absolute atomic E-state index is 12.2. The summed E-state index contributed by atoms with van der Waals surface area (Å²) in [6, 6.07) is 0.00164. The van der Waals surface area contributed by atoms with Crippen LogP contribution in [0.5, 0.6) is 0 Å². The van der Waals surface area contributed by atoms with Crippen molar-refractivity contribution in [3.05, 3.63) is 0 Å². The molecule has 0 aromatic heterocycles. The van der Waals surface area contributed by atoms with Gasteiger partial charge in [-0.2, -0.15) is 0 Å². The molecular weight excluding hydrogens is 202 g/mol. The molecule has 2 saturated heterocycles. The largest absolute Gasteiger partial charge is 0.380 e. The molecular formula is C9H17NO3S. The van der Waals surface area contributed by atoms with Crippen molar-refractivity contribution in [1.82, 2.24) is 5.32 Å². The lowest BCUT2D eigenvalue weighted by molar-refractivity contribution is 0.0678. The summed E-state index contributed by atoms with van der Waals surface area (Å²) in [7, 11) is -3.00. The molecule has 0 amide bonds. The molecule has 5 heteroatoms. The van der Waals surface area contributed by atoms with E-state index in [2.05, 4.69) is 5.32 Å². The Morgan fingerprint density at radius 3 is 2.86 bits per heavy atom. The van der Waals surface area contributed by atoms with E-state index in [0.717, 1.165) is 0 Å². The molecule has 0 spiro atoms. The molecule has 14 heavy (non-hydrogen) atoms. The number of nitrogens with one attached hydrogen (secondary N) is 1. The van der Waals surface area contributed by atoms with Crippen molar-refractivity contribution in [2.24, 2.45) is 0 Å². The van der Waals surface area contributed by atoms with Crippen molar-refractivity contribution in [2.45, 2.75) is 36.3 Å². The molecule has 0 aromatic rings. The highest BCUT2D eigenvalue weighted by molar-refractivity contribution is 7.93. The summed E-state index contributed by atoms with van der Waals surface area (Å²) in [5.74, 6) is 0. The minimum absolute atomic E-state index is 0.00164. The smallest absolute Gasteiger partial charge is 0.161 e. The fraction of sp³-hybridized carbons (Fsp3) is 1.00. The second-order valence-corrected chi connectivity index (χ2v) is 7.49. The van der Waals surface area contributed by atoms with E-state index >= 15 is 0 Å². The summed E-state index contributed by atoms with van der Waals surface area (Å²) in [6.45, 7) is 5.21. The van der Waals surface area contributed by atoms with Crippen molar-refractivity contribution in [3.63, 3.8) is 0 Å². The minimum atomic E-state index is -3.00. The highest BCUT2D eigenvalue weighted by Gasteiger charge is 2.49. The van der Waals surface area contributed by atoms with Crippen molar-refractivity contribution in [2.75, 3.05) is 19.8 Å². The number of hydrogen-bond acceptors (Lipinski definition) is 4. The maximum atomic E-state index is 12.2. The SMILES string of the molecule is CC1(C)CNC2COCCC2S1(=O)=O. The van der Waals surface area contributed by atoms with E-state index in [0.29, 0.717) is 26.2 Å². The molecule has 2 unspecified atom stereocenters. The normalized spacial score (nSPS) is 40.1. The zero-order valence-corrected chi connectivity index (χ0v) is 9.43. The number of hydrogen-bond donors (Lipinski definition) is 1. The van der Waals surface area contributed by atoms with Gasteiger partial charge in [0, 0.05) is 19.2 Å². The lowest BCUT2D eigenvalue weighted by atomic mass is 10.1. The van der Waals surface area contributed by atoms with E-state index in [1.165, 1.54) is 0 Å². The van der Waals surface area contributed by atoms with Crippen molar-refractivity contribution in [3.8, 4) is 0 Å². The molecule has 2 rings (SSSR count).